The van der Waals surface area contributed by atoms with Crippen LogP contribution in [0.15, 0.2) is 12.5 Å². The summed E-state index contributed by atoms with van der Waals surface area (Å²) >= 11 is 0. The molecule has 1 aromatic heterocycles. The highest BCUT2D eigenvalue weighted by molar-refractivity contribution is 4.94. The zero-order valence-electron chi connectivity index (χ0n) is 10.2. The van der Waals surface area contributed by atoms with E-state index in [0.29, 0.717) is 6.04 Å². The summed E-state index contributed by atoms with van der Waals surface area (Å²) in [5.74, 6) is 0.899. The molecule has 1 saturated carbocycles. The molecule has 2 N–H and O–H groups in total. The van der Waals surface area contributed by atoms with Gasteiger partial charge in [-0.2, -0.15) is 0 Å². The monoisotopic (exact) mass is 221 g/mol. The summed E-state index contributed by atoms with van der Waals surface area (Å²) in [5.41, 5.74) is 1.23. The molecule has 0 amide bonds. The molecule has 3 nitrogen and oxygen atoms in total. The molecule has 0 spiro atoms. The molecule has 0 aromatic carbocycles. The van der Waals surface area contributed by atoms with Crippen LogP contribution in [0.4, 0.5) is 0 Å². The Labute approximate surface area is 98.1 Å². The van der Waals surface area contributed by atoms with Crippen LogP contribution in [-0.4, -0.2) is 22.6 Å². The van der Waals surface area contributed by atoms with E-state index in [9.17, 15) is 0 Å². The van der Waals surface area contributed by atoms with Gasteiger partial charge in [-0.15, -0.1) is 0 Å². The number of rotatable bonds is 5. The van der Waals surface area contributed by atoms with Crippen molar-refractivity contribution in [2.24, 2.45) is 5.92 Å². The van der Waals surface area contributed by atoms with E-state index in [1.54, 1.807) is 6.33 Å². The second-order valence-corrected chi connectivity index (χ2v) is 4.97. The Hall–Kier alpha value is -0.830. The SMILES string of the molecule is CC(NCCc1cnc[nH]1)C1CCCCC1. The summed E-state index contributed by atoms with van der Waals surface area (Å²) in [6.45, 7) is 3.39. The summed E-state index contributed by atoms with van der Waals surface area (Å²) in [6.07, 6.45) is 11.8. The van der Waals surface area contributed by atoms with Crippen molar-refractivity contribution in [1.29, 1.82) is 0 Å². The van der Waals surface area contributed by atoms with E-state index in [-0.39, 0.29) is 0 Å². The van der Waals surface area contributed by atoms with Gasteiger partial charge in [0.25, 0.3) is 0 Å². The minimum absolute atomic E-state index is 0.670. The lowest BCUT2D eigenvalue weighted by atomic mass is 9.84. The summed E-state index contributed by atoms with van der Waals surface area (Å²) in [7, 11) is 0. The van der Waals surface area contributed by atoms with Gasteiger partial charge in [-0.25, -0.2) is 4.98 Å². The fourth-order valence-corrected chi connectivity index (χ4v) is 2.66. The first-order valence-electron chi connectivity index (χ1n) is 6.57. The maximum atomic E-state index is 4.03. The molecule has 90 valence electrons. The van der Waals surface area contributed by atoms with E-state index in [2.05, 4.69) is 22.2 Å². The first-order valence-corrected chi connectivity index (χ1v) is 6.57. The number of nitrogens with one attached hydrogen (secondary N) is 2. The third-order valence-corrected chi connectivity index (χ3v) is 3.77. The van der Waals surface area contributed by atoms with Gasteiger partial charge in [-0.3, -0.25) is 0 Å². The standard InChI is InChI=1S/C13H23N3/c1-11(12-5-3-2-4-6-12)15-8-7-13-9-14-10-16-13/h9-12,15H,2-8H2,1H3,(H,14,16). The van der Waals surface area contributed by atoms with Crippen molar-refractivity contribution in [3.05, 3.63) is 18.2 Å². The molecule has 2 rings (SSSR count). The van der Waals surface area contributed by atoms with Gasteiger partial charge in [-0.1, -0.05) is 19.3 Å². The third kappa shape index (κ3) is 3.34. The number of nitrogens with zero attached hydrogens (tertiary/aromatic N) is 1. The Balaban J connectivity index is 1.65. The number of imidazole rings is 1. The molecule has 16 heavy (non-hydrogen) atoms. The van der Waals surface area contributed by atoms with Gasteiger partial charge in [0.1, 0.15) is 0 Å². The molecule has 1 unspecified atom stereocenters. The molecule has 1 aliphatic carbocycles. The van der Waals surface area contributed by atoms with Gasteiger partial charge in [0.2, 0.25) is 0 Å². The highest BCUT2D eigenvalue weighted by Crippen LogP contribution is 2.26. The fourth-order valence-electron chi connectivity index (χ4n) is 2.66. The van der Waals surface area contributed by atoms with Gasteiger partial charge < -0.3 is 10.3 Å². The molecule has 0 aliphatic heterocycles. The van der Waals surface area contributed by atoms with Crippen LogP contribution in [0.5, 0.6) is 0 Å². The summed E-state index contributed by atoms with van der Waals surface area (Å²) in [6, 6.07) is 0.670. The minimum Gasteiger partial charge on any atom is -0.348 e. The molecule has 0 bridgehead atoms. The topological polar surface area (TPSA) is 40.7 Å². The molecule has 0 radical (unpaired) electrons. The molecule has 1 atom stereocenters. The van der Waals surface area contributed by atoms with Gasteiger partial charge >= 0.3 is 0 Å². The fraction of sp³-hybridized carbons (Fsp3) is 0.769. The number of aromatic amines is 1. The first kappa shape index (κ1) is 11.6. The zero-order valence-corrected chi connectivity index (χ0v) is 10.2. The first-order chi connectivity index (χ1) is 7.86. The Morgan fingerprint density at radius 3 is 2.94 bits per heavy atom. The maximum absolute atomic E-state index is 4.03. The van der Waals surface area contributed by atoms with Crippen LogP contribution in [0.25, 0.3) is 0 Å². The Bertz CT molecular complexity index is 275. The van der Waals surface area contributed by atoms with Gasteiger partial charge in [0, 0.05) is 30.9 Å². The Kier molecular flexibility index (Phi) is 4.40. The average Bonchev–Trinajstić information content (AvgIpc) is 2.83. The normalized spacial score (nSPS) is 19.8. The quantitative estimate of drug-likeness (QED) is 0.802. The number of H-pyrrole nitrogens is 1. The lowest BCUT2D eigenvalue weighted by Crippen LogP contribution is -2.35. The second-order valence-electron chi connectivity index (χ2n) is 4.97. The summed E-state index contributed by atoms with van der Waals surface area (Å²) < 4.78 is 0. The Morgan fingerprint density at radius 1 is 1.44 bits per heavy atom. The van der Waals surface area contributed by atoms with Crippen molar-refractivity contribution in [3.8, 4) is 0 Å². The smallest absolute Gasteiger partial charge is 0.0921 e. The van der Waals surface area contributed by atoms with Crippen molar-refractivity contribution in [2.45, 2.75) is 51.5 Å². The van der Waals surface area contributed by atoms with Crippen molar-refractivity contribution < 1.29 is 0 Å². The lowest BCUT2D eigenvalue weighted by Gasteiger charge is -2.28. The molecule has 1 aromatic rings. The predicted octanol–water partition coefficient (Wildman–Crippen LogP) is 2.51. The van der Waals surface area contributed by atoms with E-state index in [1.165, 1.54) is 37.8 Å². The van der Waals surface area contributed by atoms with Crippen molar-refractivity contribution >= 4 is 0 Å². The van der Waals surface area contributed by atoms with Crippen LogP contribution in [0.3, 0.4) is 0 Å². The average molecular weight is 221 g/mol. The van der Waals surface area contributed by atoms with Crippen molar-refractivity contribution in [1.82, 2.24) is 15.3 Å². The molecule has 3 heteroatoms. The van der Waals surface area contributed by atoms with Crippen LogP contribution >= 0.6 is 0 Å². The molecule has 0 saturated heterocycles. The molecule has 1 aliphatic rings. The molecule has 1 fully saturated rings. The van der Waals surface area contributed by atoms with E-state index < -0.39 is 0 Å². The van der Waals surface area contributed by atoms with E-state index in [1.807, 2.05) is 6.20 Å². The van der Waals surface area contributed by atoms with Crippen LogP contribution in [0.2, 0.25) is 0 Å². The number of aromatic nitrogens is 2. The largest absolute Gasteiger partial charge is 0.348 e. The van der Waals surface area contributed by atoms with E-state index in [0.717, 1.165) is 18.9 Å². The van der Waals surface area contributed by atoms with Crippen LogP contribution in [0, 0.1) is 5.92 Å². The highest BCUT2D eigenvalue weighted by Gasteiger charge is 2.19. The van der Waals surface area contributed by atoms with Gasteiger partial charge in [0.05, 0.1) is 6.33 Å². The highest BCUT2D eigenvalue weighted by atomic mass is 14.9. The number of hydrogen-bond donors (Lipinski definition) is 2. The van der Waals surface area contributed by atoms with Crippen molar-refractivity contribution in [2.75, 3.05) is 6.54 Å². The van der Waals surface area contributed by atoms with Crippen molar-refractivity contribution in [3.63, 3.8) is 0 Å². The van der Waals surface area contributed by atoms with E-state index >= 15 is 0 Å². The van der Waals surface area contributed by atoms with Gasteiger partial charge in [0.15, 0.2) is 0 Å². The van der Waals surface area contributed by atoms with Crippen LogP contribution in [0.1, 0.15) is 44.7 Å². The minimum atomic E-state index is 0.670. The lowest BCUT2D eigenvalue weighted by molar-refractivity contribution is 0.282. The predicted molar refractivity (Wildman–Crippen MR) is 66.3 cm³/mol. The van der Waals surface area contributed by atoms with E-state index in [4.69, 9.17) is 0 Å². The molecular formula is C13H23N3. The molecular weight excluding hydrogens is 198 g/mol. The van der Waals surface area contributed by atoms with Crippen LogP contribution in [-0.2, 0) is 6.42 Å². The van der Waals surface area contributed by atoms with Gasteiger partial charge in [-0.05, 0) is 25.7 Å². The zero-order chi connectivity index (χ0) is 11.2. The second kappa shape index (κ2) is 6.04. The number of hydrogen-bond acceptors (Lipinski definition) is 2. The summed E-state index contributed by atoms with van der Waals surface area (Å²) in [4.78, 5) is 7.17. The third-order valence-electron chi connectivity index (χ3n) is 3.77. The maximum Gasteiger partial charge on any atom is 0.0921 e. The Morgan fingerprint density at radius 2 is 2.25 bits per heavy atom. The molecule has 1 heterocycles. The summed E-state index contributed by atoms with van der Waals surface area (Å²) in [5, 5.41) is 3.64. The van der Waals surface area contributed by atoms with Crippen LogP contribution < -0.4 is 5.32 Å².